The van der Waals surface area contributed by atoms with Crippen molar-refractivity contribution in [2.24, 2.45) is 0 Å². The fourth-order valence-electron chi connectivity index (χ4n) is 2.07. The lowest BCUT2D eigenvalue weighted by Gasteiger charge is -2.14. The van der Waals surface area contributed by atoms with Crippen molar-refractivity contribution in [3.8, 4) is 0 Å². The molecule has 0 spiro atoms. The number of hydrogen-bond acceptors (Lipinski definition) is 3. The van der Waals surface area contributed by atoms with Gasteiger partial charge in [0.05, 0.1) is 6.54 Å². The van der Waals surface area contributed by atoms with E-state index < -0.39 is 6.04 Å². The largest absolute Gasteiger partial charge is 0.399 e. The number of benzene rings is 1. The number of amides is 3. The summed E-state index contributed by atoms with van der Waals surface area (Å²) in [5.74, 6) is -0.195. The van der Waals surface area contributed by atoms with Gasteiger partial charge in [-0.2, -0.15) is 0 Å². The van der Waals surface area contributed by atoms with Crippen LogP contribution in [-0.4, -0.2) is 22.9 Å². The summed E-state index contributed by atoms with van der Waals surface area (Å²) in [6.45, 7) is 2.14. The Morgan fingerprint density at radius 3 is 2.79 bits per heavy atom. The molecule has 1 aromatic rings. The van der Waals surface area contributed by atoms with Gasteiger partial charge in [-0.3, -0.25) is 9.69 Å². The van der Waals surface area contributed by atoms with E-state index in [1.165, 1.54) is 4.90 Å². The predicted octanol–water partition coefficient (Wildman–Crippen LogP) is 2.14. The molecule has 2 rings (SSSR count). The summed E-state index contributed by atoms with van der Waals surface area (Å²) in [6.07, 6.45) is 1.49. The van der Waals surface area contributed by atoms with Gasteiger partial charge in [0.2, 0.25) is 0 Å². The molecule has 0 aliphatic carbocycles. The van der Waals surface area contributed by atoms with Gasteiger partial charge in [-0.15, -0.1) is 0 Å². The van der Waals surface area contributed by atoms with E-state index >= 15 is 0 Å². The van der Waals surface area contributed by atoms with Crippen LogP contribution in [0.4, 0.5) is 10.5 Å². The van der Waals surface area contributed by atoms with E-state index in [0.29, 0.717) is 22.7 Å². The Labute approximate surface area is 116 Å². The highest BCUT2D eigenvalue weighted by Crippen LogP contribution is 2.22. The third-order valence-electron chi connectivity index (χ3n) is 3.09. The number of hydrogen-bond donors (Lipinski definition) is 2. The van der Waals surface area contributed by atoms with Crippen LogP contribution in [0.3, 0.4) is 0 Å². The molecule has 0 radical (unpaired) electrons. The number of nitrogen functional groups attached to an aromatic ring is 1. The third-order valence-corrected chi connectivity index (χ3v) is 3.44. The maximum absolute atomic E-state index is 12.1. The molecule has 0 aromatic heterocycles. The van der Waals surface area contributed by atoms with Gasteiger partial charge in [0, 0.05) is 10.7 Å². The summed E-state index contributed by atoms with van der Waals surface area (Å²) < 4.78 is 0. The predicted molar refractivity (Wildman–Crippen MR) is 73.6 cm³/mol. The normalized spacial score (nSPS) is 18.8. The highest BCUT2D eigenvalue weighted by Gasteiger charge is 2.37. The van der Waals surface area contributed by atoms with Gasteiger partial charge in [0.15, 0.2) is 0 Å². The molecule has 1 aromatic carbocycles. The topological polar surface area (TPSA) is 75.4 Å². The Kier molecular flexibility index (Phi) is 3.95. The van der Waals surface area contributed by atoms with Crippen molar-refractivity contribution in [2.45, 2.75) is 32.4 Å². The maximum Gasteiger partial charge on any atom is 0.325 e. The second kappa shape index (κ2) is 5.48. The van der Waals surface area contributed by atoms with Gasteiger partial charge in [0.1, 0.15) is 6.04 Å². The van der Waals surface area contributed by atoms with E-state index in [2.05, 4.69) is 5.32 Å². The maximum atomic E-state index is 12.1. The molecule has 3 amide bonds. The summed E-state index contributed by atoms with van der Waals surface area (Å²) in [7, 11) is 0. The molecule has 102 valence electrons. The number of urea groups is 1. The average Bonchev–Trinajstić information content (AvgIpc) is 2.60. The van der Waals surface area contributed by atoms with Crippen molar-refractivity contribution in [1.82, 2.24) is 10.2 Å². The molecule has 0 saturated carbocycles. The molecule has 0 bridgehead atoms. The van der Waals surface area contributed by atoms with E-state index in [4.69, 9.17) is 17.3 Å². The number of carbonyl (C=O) groups is 2. The standard InChI is InChI=1S/C13H16ClN3O2/c1-2-3-11-12(18)17(13(19)16-11)7-8-4-5-9(15)6-10(8)14/h4-6,11H,2-3,7,15H2,1H3,(H,16,19). The van der Waals surface area contributed by atoms with Crippen LogP contribution in [0, 0.1) is 0 Å². The second-order valence-corrected chi connectivity index (χ2v) is 4.97. The summed E-state index contributed by atoms with van der Waals surface area (Å²) >= 11 is 6.05. The van der Waals surface area contributed by atoms with E-state index in [-0.39, 0.29) is 18.5 Å². The van der Waals surface area contributed by atoms with Crippen LogP contribution in [-0.2, 0) is 11.3 Å². The Morgan fingerprint density at radius 2 is 2.16 bits per heavy atom. The van der Waals surface area contributed by atoms with Crippen molar-refractivity contribution in [3.05, 3.63) is 28.8 Å². The molecule has 3 N–H and O–H groups in total. The van der Waals surface area contributed by atoms with Gasteiger partial charge < -0.3 is 11.1 Å². The van der Waals surface area contributed by atoms with Crippen LogP contribution < -0.4 is 11.1 Å². The average molecular weight is 282 g/mol. The van der Waals surface area contributed by atoms with Gasteiger partial charge >= 0.3 is 6.03 Å². The fourth-order valence-corrected chi connectivity index (χ4v) is 2.32. The van der Waals surface area contributed by atoms with Crippen LogP contribution in [0.1, 0.15) is 25.3 Å². The Hall–Kier alpha value is -1.75. The number of anilines is 1. The lowest BCUT2D eigenvalue weighted by Crippen LogP contribution is -2.31. The Bertz CT molecular complexity index is 519. The molecule has 1 fully saturated rings. The minimum atomic E-state index is -0.412. The molecule has 19 heavy (non-hydrogen) atoms. The van der Waals surface area contributed by atoms with Crippen molar-refractivity contribution in [1.29, 1.82) is 0 Å². The number of carbonyl (C=O) groups excluding carboxylic acids is 2. The van der Waals surface area contributed by atoms with Gasteiger partial charge in [-0.1, -0.05) is 31.0 Å². The van der Waals surface area contributed by atoms with Crippen molar-refractivity contribution in [2.75, 3.05) is 5.73 Å². The minimum absolute atomic E-state index is 0.171. The monoisotopic (exact) mass is 281 g/mol. The Morgan fingerprint density at radius 1 is 1.42 bits per heavy atom. The van der Waals surface area contributed by atoms with Gasteiger partial charge in [-0.25, -0.2) is 4.79 Å². The quantitative estimate of drug-likeness (QED) is 0.656. The van der Waals surface area contributed by atoms with E-state index in [9.17, 15) is 9.59 Å². The first kappa shape index (κ1) is 13.7. The fraction of sp³-hybridized carbons (Fsp3) is 0.385. The zero-order chi connectivity index (χ0) is 14.0. The minimum Gasteiger partial charge on any atom is -0.399 e. The zero-order valence-corrected chi connectivity index (χ0v) is 11.4. The van der Waals surface area contributed by atoms with E-state index in [1.54, 1.807) is 18.2 Å². The molecular weight excluding hydrogens is 266 g/mol. The van der Waals surface area contributed by atoms with E-state index in [1.807, 2.05) is 6.92 Å². The van der Waals surface area contributed by atoms with Gasteiger partial charge in [0.25, 0.3) is 5.91 Å². The highest BCUT2D eigenvalue weighted by atomic mass is 35.5. The molecule has 1 heterocycles. The first-order valence-electron chi connectivity index (χ1n) is 6.18. The number of rotatable bonds is 4. The van der Waals surface area contributed by atoms with Crippen LogP contribution in [0.2, 0.25) is 5.02 Å². The summed E-state index contributed by atoms with van der Waals surface area (Å²) in [6, 6.07) is 4.26. The summed E-state index contributed by atoms with van der Waals surface area (Å²) in [4.78, 5) is 25.0. The van der Waals surface area contributed by atoms with Crippen LogP contribution in [0.15, 0.2) is 18.2 Å². The number of nitrogens with zero attached hydrogens (tertiary/aromatic N) is 1. The molecule has 1 aliphatic rings. The molecule has 6 heteroatoms. The lowest BCUT2D eigenvalue weighted by atomic mass is 10.1. The van der Waals surface area contributed by atoms with Crippen molar-refractivity contribution < 1.29 is 9.59 Å². The first-order chi connectivity index (χ1) is 9.02. The summed E-state index contributed by atoms with van der Waals surface area (Å²) in [5.41, 5.74) is 6.86. The Balaban J connectivity index is 2.14. The smallest absolute Gasteiger partial charge is 0.325 e. The third kappa shape index (κ3) is 2.81. The van der Waals surface area contributed by atoms with E-state index in [0.717, 1.165) is 6.42 Å². The molecule has 5 nitrogen and oxygen atoms in total. The van der Waals surface area contributed by atoms with Crippen molar-refractivity contribution in [3.63, 3.8) is 0 Å². The summed E-state index contributed by atoms with van der Waals surface area (Å²) in [5, 5.41) is 3.13. The lowest BCUT2D eigenvalue weighted by molar-refractivity contribution is -0.128. The number of nitrogens with two attached hydrogens (primary N) is 1. The zero-order valence-electron chi connectivity index (χ0n) is 10.6. The second-order valence-electron chi connectivity index (χ2n) is 4.57. The molecular formula is C13H16ClN3O2. The van der Waals surface area contributed by atoms with Crippen LogP contribution in [0.25, 0.3) is 0 Å². The number of halogens is 1. The molecule has 1 aliphatic heterocycles. The van der Waals surface area contributed by atoms with Crippen molar-refractivity contribution >= 4 is 29.2 Å². The van der Waals surface area contributed by atoms with Gasteiger partial charge in [-0.05, 0) is 24.1 Å². The van der Waals surface area contributed by atoms with Crippen LogP contribution >= 0.6 is 11.6 Å². The molecule has 1 saturated heterocycles. The number of imide groups is 1. The molecule has 1 unspecified atom stereocenters. The van der Waals surface area contributed by atoms with Crippen LogP contribution in [0.5, 0.6) is 0 Å². The number of nitrogens with one attached hydrogen (secondary N) is 1. The first-order valence-corrected chi connectivity index (χ1v) is 6.56. The molecule has 1 atom stereocenters. The highest BCUT2D eigenvalue weighted by molar-refractivity contribution is 6.31. The SMILES string of the molecule is CCCC1NC(=O)N(Cc2ccc(N)cc2Cl)C1=O.